The topological polar surface area (TPSA) is 72.9 Å². The predicted octanol–water partition coefficient (Wildman–Crippen LogP) is 3.12. The van der Waals surface area contributed by atoms with E-state index in [4.69, 9.17) is 0 Å². The van der Waals surface area contributed by atoms with Gasteiger partial charge in [0.25, 0.3) is 0 Å². The minimum atomic E-state index is -0.274. The molecule has 2 heterocycles. The second-order valence-corrected chi connectivity index (χ2v) is 9.08. The molecule has 1 saturated carbocycles. The number of carbonyl (C=O) groups is 2. The third-order valence-electron chi connectivity index (χ3n) is 7.20. The van der Waals surface area contributed by atoms with E-state index in [1.165, 1.54) is 12.1 Å². The third kappa shape index (κ3) is 3.75. The maximum atomic E-state index is 13.2. The zero-order valence-electron chi connectivity index (χ0n) is 17.9. The molecule has 6 nitrogen and oxygen atoms in total. The number of rotatable bonds is 4. The van der Waals surface area contributed by atoms with Gasteiger partial charge in [-0.1, -0.05) is 49.2 Å². The van der Waals surface area contributed by atoms with Crippen LogP contribution in [0.2, 0.25) is 0 Å². The summed E-state index contributed by atoms with van der Waals surface area (Å²) in [6.07, 6.45) is 4.26. The Morgan fingerprint density at radius 2 is 1.66 bits per heavy atom. The van der Waals surface area contributed by atoms with Crippen molar-refractivity contribution in [2.45, 2.75) is 49.7 Å². The average Bonchev–Trinajstić information content (AvgIpc) is 3.29. The van der Waals surface area contributed by atoms with E-state index >= 15 is 0 Å². The van der Waals surface area contributed by atoms with Crippen LogP contribution >= 0.6 is 0 Å². The Morgan fingerprint density at radius 1 is 1.03 bits per heavy atom. The van der Waals surface area contributed by atoms with Crippen LogP contribution in [0.1, 0.15) is 37.2 Å². The maximum Gasteiger partial charge on any atom is 0.318 e. The van der Waals surface area contributed by atoms with Gasteiger partial charge in [-0.05, 0) is 41.7 Å². The number of piperazine rings is 1. The highest BCUT2D eigenvalue weighted by molar-refractivity contribution is 5.87. The highest BCUT2D eigenvalue weighted by atomic mass is 19.1. The summed E-state index contributed by atoms with van der Waals surface area (Å²) in [5.74, 6) is -0.413. The summed E-state index contributed by atoms with van der Waals surface area (Å²) in [7, 11) is 0. The third-order valence-corrected chi connectivity index (χ3v) is 7.20. The van der Waals surface area contributed by atoms with Crippen LogP contribution in [0.3, 0.4) is 0 Å². The van der Waals surface area contributed by atoms with E-state index in [9.17, 15) is 19.1 Å². The highest BCUT2D eigenvalue weighted by Crippen LogP contribution is 2.43. The van der Waals surface area contributed by atoms with Gasteiger partial charge in [0.05, 0.1) is 18.7 Å². The number of amides is 3. The number of nitrogens with one attached hydrogen (secondary N) is 1. The smallest absolute Gasteiger partial charge is 0.318 e. The molecule has 2 aromatic rings. The number of urea groups is 1. The van der Waals surface area contributed by atoms with E-state index in [0.717, 1.165) is 42.4 Å². The van der Waals surface area contributed by atoms with Crippen LogP contribution in [0, 0.1) is 5.82 Å². The van der Waals surface area contributed by atoms with E-state index in [-0.39, 0.29) is 55.0 Å². The van der Waals surface area contributed by atoms with Gasteiger partial charge >= 0.3 is 6.03 Å². The number of benzene rings is 2. The quantitative estimate of drug-likeness (QED) is 0.772. The first-order valence-corrected chi connectivity index (χ1v) is 11.4. The molecule has 2 aromatic carbocycles. The molecule has 3 fully saturated rings. The van der Waals surface area contributed by atoms with Gasteiger partial charge < -0.3 is 20.2 Å². The first-order chi connectivity index (χ1) is 15.5. The Hall–Kier alpha value is -2.93. The zero-order valence-corrected chi connectivity index (χ0v) is 17.9. The van der Waals surface area contributed by atoms with Gasteiger partial charge in [-0.25, -0.2) is 9.18 Å². The SMILES string of the molecule is O=C(NC1CCCC1)N1CC(=O)N2[C@@H](CO)[C@H](c3ccc(-c4ccc(F)cc4)cc3)[C@@H]2C1. The van der Waals surface area contributed by atoms with Crippen LogP contribution < -0.4 is 5.32 Å². The number of aliphatic hydroxyl groups is 1. The largest absolute Gasteiger partial charge is 0.394 e. The molecule has 2 N–H and O–H groups in total. The Labute approximate surface area is 187 Å². The molecular weight excluding hydrogens is 409 g/mol. The van der Waals surface area contributed by atoms with Gasteiger partial charge in [0.15, 0.2) is 0 Å². The van der Waals surface area contributed by atoms with Crippen molar-refractivity contribution in [2.24, 2.45) is 0 Å². The minimum absolute atomic E-state index is 0.0340. The van der Waals surface area contributed by atoms with Gasteiger partial charge in [0.1, 0.15) is 12.4 Å². The van der Waals surface area contributed by atoms with Gasteiger partial charge in [-0.15, -0.1) is 0 Å². The second kappa shape index (κ2) is 8.54. The number of nitrogens with zero attached hydrogens (tertiary/aromatic N) is 2. The molecular formula is C25H28FN3O3. The molecule has 2 saturated heterocycles. The fourth-order valence-corrected chi connectivity index (χ4v) is 5.53. The normalized spacial score (nSPS) is 25.4. The van der Waals surface area contributed by atoms with Crippen LogP contribution in [-0.2, 0) is 4.79 Å². The molecule has 32 heavy (non-hydrogen) atoms. The lowest BCUT2D eigenvalue weighted by Crippen LogP contribution is -2.74. The Balaban J connectivity index is 1.32. The number of hydrogen-bond acceptors (Lipinski definition) is 3. The van der Waals surface area contributed by atoms with Crippen molar-refractivity contribution in [1.29, 1.82) is 0 Å². The zero-order chi connectivity index (χ0) is 22.2. The van der Waals surface area contributed by atoms with Gasteiger partial charge in [-0.2, -0.15) is 0 Å². The van der Waals surface area contributed by atoms with Crippen LogP contribution in [0.4, 0.5) is 9.18 Å². The van der Waals surface area contributed by atoms with Crippen molar-refractivity contribution in [2.75, 3.05) is 19.7 Å². The van der Waals surface area contributed by atoms with Gasteiger partial charge in [0.2, 0.25) is 5.91 Å². The molecule has 0 unspecified atom stereocenters. The molecule has 3 atom stereocenters. The minimum Gasteiger partial charge on any atom is -0.394 e. The van der Waals surface area contributed by atoms with Crippen molar-refractivity contribution in [3.05, 3.63) is 59.9 Å². The lowest BCUT2D eigenvalue weighted by atomic mass is 9.73. The van der Waals surface area contributed by atoms with Gasteiger partial charge in [0, 0.05) is 18.5 Å². The second-order valence-electron chi connectivity index (χ2n) is 9.08. The number of carbonyl (C=O) groups excluding carboxylic acids is 2. The molecule has 3 aliphatic rings. The lowest BCUT2D eigenvalue weighted by Gasteiger charge is -2.58. The van der Waals surface area contributed by atoms with E-state index in [1.54, 1.807) is 21.9 Å². The fraction of sp³-hybridized carbons (Fsp3) is 0.440. The van der Waals surface area contributed by atoms with Crippen molar-refractivity contribution >= 4 is 11.9 Å². The Kier molecular flexibility index (Phi) is 5.59. The van der Waals surface area contributed by atoms with E-state index in [2.05, 4.69) is 5.32 Å². The van der Waals surface area contributed by atoms with E-state index in [1.807, 2.05) is 24.3 Å². The fourth-order valence-electron chi connectivity index (χ4n) is 5.53. The summed E-state index contributed by atoms with van der Waals surface area (Å²) in [6, 6.07) is 14.0. The first kappa shape index (κ1) is 20.9. The molecule has 1 aliphatic carbocycles. The molecule has 168 valence electrons. The number of aliphatic hydroxyl groups excluding tert-OH is 1. The van der Waals surface area contributed by atoms with Crippen molar-refractivity contribution < 1.29 is 19.1 Å². The van der Waals surface area contributed by atoms with Gasteiger partial charge in [-0.3, -0.25) is 4.79 Å². The molecule has 3 amide bonds. The Morgan fingerprint density at radius 3 is 2.28 bits per heavy atom. The molecule has 2 aliphatic heterocycles. The predicted molar refractivity (Wildman–Crippen MR) is 118 cm³/mol. The summed E-state index contributed by atoms with van der Waals surface area (Å²) >= 11 is 0. The van der Waals surface area contributed by atoms with E-state index in [0.29, 0.717) is 6.54 Å². The first-order valence-electron chi connectivity index (χ1n) is 11.4. The number of hydrogen-bond donors (Lipinski definition) is 2. The molecule has 5 rings (SSSR count). The number of halogens is 1. The molecule has 7 heteroatoms. The maximum absolute atomic E-state index is 13.2. The summed E-state index contributed by atoms with van der Waals surface area (Å²) in [4.78, 5) is 28.9. The molecule has 0 spiro atoms. The molecule has 0 aromatic heterocycles. The average molecular weight is 438 g/mol. The highest BCUT2D eigenvalue weighted by Gasteiger charge is 2.54. The van der Waals surface area contributed by atoms with Crippen LogP contribution in [0.25, 0.3) is 11.1 Å². The van der Waals surface area contributed by atoms with Crippen molar-refractivity contribution in [1.82, 2.24) is 15.1 Å². The lowest BCUT2D eigenvalue weighted by molar-refractivity contribution is -0.159. The molecule has 0 bridgehead atoms. The standard InChI is InChI=1S/C25H28FN3O3/c26-19-11-9-17(10-12-19)16-5-7-18(8-6-16)24-21-13-28(14-23(31)29(21)22(24)15-30)25(32)27-20-3-1-2-4-20/h5-12,20-22,24,30H,1-4,13-15H2,(H,27,32)/t21-,22-,24+/m0/s1. The van der Waals surface area contributed by atoms with E-state index < -0.39 is 0 Å². The monoisotopic (exact) mass is 437 g/mol. The summed E-state index contributed by atoms with van der Waals surface area (Å²) in [6.45, 7) is 0.411. The molecule has 0 radical (unpaired) electrons. The van der Waals surface area contributed by atoms with Crippen molar-refractivity contribution in [3.8, 4) is 11.1 Å². The summed E-state index contributed by atoms with van der Waals surface area (Å²) < 4.78 is 13.2. The van der Waals surface area contributed by atoms with Crippen molar-refractivity contribution in [3.63, 3.8) is 0 Å². The summed E-state index contributed by atoms with van der Waals surface area (Å²) in [5, 5.41) is 13.1. The Bertz CT molecular complexity index is 988. The van der Waals surface area contributed by atoms with Crippen LogP contribution in [0.5, 0.6) is 0 Å². The summed E-state index contributed by atoms with van der Waals surface area (Å²) in [5.41, 5.74) is 2.93. The number of fused-ring (bicyclic) bond motifs is 1. The van der Waals surface area contributed by atoms with Crippen LogP contribution in [-0.4, -0.2) is 64.7 Å². The van der Waals surface area contributed by atoms with Crippen LogP contribution in [0.15, 0.2) is 48.5 Å².